The second kappa shape index (κ2) is 4.52. The van der Waals surface area contributed by atoms with E-state index in [2.05, 4.69) is 5.32 Å². The maximum absolute atomic E-state index is 11.9. The molecule has 1 aliphatic heterocycles. The summed E-state index contributed by atoms with van der Waals surface area (Å²) >= 11 is 0. The molecular weight excluding hydrogens is 262 g/mol. The zero-order chi connectivity index (χ0) is 15.1. The molecule has 106 valence electrons. The van der Waals surface area contributed by atoms with Crippen molar-refractivity contribution in [2.75, 3.05) is 17.2 Å². The molecule has 7 nitrogen and oxygen atoms in total. The Balaban J connectivity index is 2.49. The number of carbonyl (C=O) groups is 3. The van der Waals surface area contributed by atoms with Crippen molar-refractivity contribution in [3.63, 3.8) is 0 Å². The van der Waals surface area contributed by atoms with E-state index < -0.39 is 23.3 Å². The van der Waals surface area contributed by atoms with Crippen molar-refractivity contribution < 1.29 is 19.5 Å². The molecule has 0 bridgehead atoms. The largest absolute Gasteiger partial charge is 0.478 e. The maximum Gasteiger partial charge on any atom is 0.337 e. The number of carbonyl (C=O) groups excluding carboxylic acids is 2. The average molecular weight is 277 g/mol. The van der Waals surface area contributed by atoms with Crippen LogP contribution in [0.5, 0.6) is 0 Å². The van der Waals surface area contributed by atoms with Crippen molar-refractivity contribution in [1.29, 1.82) is 0 Å². The fourth-order valence-corrected chi connectivity index (χ4v) is 2.09. The second-order valence-corrected chi connectivity index (χ2v) is 5.10. The first kappa shape index (κ1) is 13.9. The molecule has 2 rings (SSSR count). The SMILES string of the molecule is CC1(C)C(=O)NC(=O)CN1c1ccc(N)c(C(=O)O)c1. The van der Waals surface area contributed by atoms with Crippen LogP contribution in [0.15, 0.2) is 18.2 Å². The van der Waals surface area contributed by atoms with Gasteiger partial charge in [-0.15, -0.1) is 0 Å². The van der Waals surface area contributed by atoms with Crippen LogP contribution in [0.2, 0.25) is 0 Å². The van der Waals surface area contributed by atoms with E-state index in [4.69, 9.17) is 10.8 Å². The molecule has 1 saturated heterocycles. The minimum absolute atomic E-state index is 0.0261. The van der Waals surface area contributed by atoms with Gasteiger partial charge in [-0.2, -0.15) is 0 Å². The van der Waals surface area contributed by atoms with Crippen LogP contribution in [-0.2, 0) is 9.59 Å². The smallest absolute Gasteiger partial charge is 0.337 e. The number of carboxylic acid groups (broad SMARTS) is 1. The van der Waals surface area contributed by atoms with Crippen LogP contribution in [0.25, 0.3) is 0 Å². The lowest BCUT2D eigenvalue weighted by molar-refractivity contribution is -0.135. The number of aromatic carboxylic acids is 1. The van der Waals surface area contributed by atoms with Crippen LogP contribution >= 0.6 is 0 Å². The Hall–Kier alpha value is -2.57. The Morgan fingerprint density at radius 1 is 1.40 bits per heavy atom. The van der Waals surface area contributed by atoms with E-state index in [9.17, 15) is 14.4 Å². The predicted octanol–water partition coefficient (Wildman–Crippen LogP) is 0.208. The number of hydrogen-bond donors (Lipinski definition) is 3. The zero-order valence-electron chi connectivity index (χ0n) is 11.1. The van der Waals surface area contributed by atoms with Gasteiger partial charge in [0.2, 0.25) is 5.91 Å². The lowest BCUT2D eigenvalue weighted by Gasteiger charge is -2.41. The summed E-state index contributed by atoms with van der Waals surface area (Å²) < 4.78 is 0. The van der Waals surface area contributed by atoms with Crippen LogP contribution in [0.3, 0.4) is 0 Å². The van der Waals surface area contributed by atoms with E-state index in [1.165, 1.54) is 12.1 Å². The maximum atomic E-state index is 11.9. The number of nitrogens with two attached hydrogens (primary N) is 1. The molecule has 1 aliphatic rings. The molecular formula is C13H15N3O4. The molecule has 0 aliphatic carbocycles. The van der Waals surface area contributed by atoms with Crippen LogP contribution in [-0.4, -0.2) is 35.0 Å². The Kier molecular flexibility index (Phi) is 3.13. The van der Waals surface area contributed by atoms with Gasteiger partial charge in [-0.25, -0.2) is 4.79 Å². The van der Waals surface area contributed by atoms with Crippen molar-refractivity contribution in [3.05, 3.63) is 23.8 Å². The Morgan fingerprint density at radius 3 is 2.65 bits per heavy atom. The van der Waals surface area contributed by atoms with Crippen molar-refractivity contribution in [3.8, 4) is 0 Å². The van der Waals surface area contributed by atoms with Gasteiger partial charge >= 0.3 is 5.97 Å². The molecule has 2 amide bonds. The molecule has 1 heterocycles. The number of rotatable bonds is 2. The third kappa shape index (κ3) is 2.18. The summed E-state index contributed by atoms with van der Waals surface area (Å²) in [6.45, 7) is 3.29. The summed E-state index contributed by atoms with van der Waals surface area (Å²) in [6, 6.07) is 4.41. The highest BCUT2D eigenvalue weighted by Gasteiger charge is 2.41. The number of hydrogen-bond acceptors (Lipinski definition) is 5. The highest BCUT2D eigenvalue weighted by atomic mass is 16.4. The highest BCUT2D eigenvalue weighted by Crippen LogP contribution is 2.29. The first-order chi connectivity index (χ1) is 9.23. The number of carboxylic acids is 1. The standard InChI is InChI=1S/C13H15N3O4/c1-13(2)12(20)15-10(17)6-16(13)7-3-4-9(14)8(5-7)11(18)19/h3-5H,6,14H2,1-2H3,(H,18,19)(H,15,17,20). The number of nitrogen functional groups attached to an aromatic ring is 1. The molecule has 0 radical (unpaired) electrons. The Bertz CT molecular complexity index is 610. The first-order valence-corrected chi connectivity index (χ1v) is 5.98. The summed E-state index contributed by atoms with van der Waals surface area (Å²) in [6.07, 6.45) is 0. The highest BCUT2D eigenvalue weighted by molar-refractivity contribution is 6.07. The number of benzene rings is 1. The van der Waals surface area contributed by atoms with Gasteiger partial charge in [0.15, 0.2) is 0 Å². The van der Waals surface area contributed by atoms with Crippen molar-refractivity contribution in [2.45, 2.75) is 19.4 Å². The summed E-state index contributed by atoms with van der Waals surface area (Å²) in [7, 11) is 0. The number of piperazine rings is 1. The van der Waals surface area contributed by atoms with Crippen LogP contribution < -0.4 is 16.0 Å². The molecule has 1 aromatic carbocycles. The molecule has 4 N–H and O–H groups in total. The van der Waals surface area contributed by atoms with Crippen molar-refractivity contribution in [1.82, 2.24) is 5.32 Å². The Labute approximate surface area is 115 Å². The second-order valence-electron chi connectivity index (χ2n) is 5.10. The quantitative estimate of drug-likeness (QED) is 0.526. The van der Waals surface area contributed by atoms with Crippen molar-refractivity contribution in [2.24, 2.45) is 0 Å². The van der Waals surface area contributed by atoms with Gasteiger partial charge in [0.1, 0.15) is 5.54 Å². The normalized spacial score (nSPS) is 17.8. The fraction of sp³-hybridized carbons (Fsp3) is 0.308. The monoisotopic (exact) mass is 277 g/mol. The fourth-order valence-electron chi connectivity index (χ4n) is 2.09. The number of anilines is 2. The van der Waals surface area contributed by atoms with Crippen LogP contribution in [0, 0.1) is 0 Å². The third-order valence-corrected chi connectivity index (χ3v) is 3.36. The van der Waals surface area contributed by atoms with Crippen molar-refractivity contribution >= 4 is 29.2 Å². The number of nitrogens with zero attached hydrogens (tertiary/aromatic N) is 1. The van der Waals surface area contributed by atoms with Gasteiger partial charge in [0.05, 0.1) is 12.1 Å². The summed E-state index contributed by atoms with van der Waals surface area (Å²) in [4.78, 5) is 36.1. The van der Waals surface area contributed by atoms with Gasteiger partial charge < -0.3 is 15.7 Å². The minimum Gasteiger partial charge on any atom is -0.478 e. The van der Waals surface area contributed by atoms with E-state index in [0.717, 1.165) is 0 Å². The molecule has 1 fully saturated rings. The molecule has 7 heteroatoms. The van der Waals surface area contributed by atoms with E-state index in [0.29, 0.717) is 5.69 Å². The van der Waals surface area contributed by atoms with Gasteiger partial charge in [0, 0.05) is 11.4 Å². The van der Waals surface area contributed by atoms with E-state index >= 15 is 0 Å². The van der Waals surface area contributed by atoms with Gasteiger partial charge in [-0.3, -0.25) is 14.9 Å². The first-order valence-electron chi connectivity index (χ1n) is 5.98. The lowest BCUT2D eigenvalue weighted by atomic mass is 9.97. The minimum atomic E-state index is -1.16. The molecule has 0 unspecified atom stereocenters. The van der Waals surface area contributed by atoms with Crippen LogP contribution in [0.1, 0.15) is 24.2 Å². The topological polar surface area (TPSA) is 113 Å². The predicted molar refractivity (Wildman–Crippen MR) is 72.4 cm³/mol. The number of amides is 2. The number of nitrogens with one attached hydrogen (secondary N) is 1. The summed E-state index contributed by atoms with van der Waals surface area (Å²) in [5.74, 6) is -2.01. The molecule has 20 heavy (non-hydrogen) atoms. The molecule has 0 aromatic heterocycles. The van der Waals surface area contributed by atoms with E-state index in [1.807, 2.05) is 0 Å². The van der Waals surface area contributed by atoms with Gasteiger partial charge in [-0.1, -0.05) is 0 Å². The van der Waals surface area contributed by atoms with E-state index in [-0.39, 0.29) is 17.8 Å². The third-order valence-electron chi connectivity index (χ3n) is 3.36. The lowest BCUT2D eigenvalue weighted by Crippen LogP contribution is -2.64. The summed E-state index contributed by atoms with van der Waals surface area (Å²) in [5, 5.41) is 11.3. The van der Waals surface area contributed by atoms with Gasteiger partial charge in [0.25, 0.3) is 5.91 Å². The molecule has 0 saturated carbocycles. The van der Waals surface area contributed by atoms with Gasteiger partial charge in [-0.05, 0) is 32.0 Å². The molecule has 0 atom stereocenters. The molecule has 0 spiro atoms. The average Bonchev–Trinajstić information content (AvgIpc) is 2.34. The zero-order valence-corrected chi connectivity index (χ0v) is 11.1. The van der Waals surface area contributed by atoms with Crippen LogP contribution in [0.4, 0.5) is 11.4 Å². The van der Waals surface area contributed by atoms with E-state index in [1.54, 1.807) is 24.8 Å². The number of imide groups is 1. The Morgan fingerprint density at radius 2 is 2.05 bits per heavy atom. The summed E-state index contributed by atoms with van der Waals surface area (Å²) in [5.41, 5.74) is 5.17. The molecule has 1 aromatic rings.